The van der Waals surface area contributed by atoms with Gasteiger partial charge in [0.05, 0.1) is 7.32 Å². The first-order valence-electron chi connectivity index (χ1n) is 1.12. The van der Waals surface area contributed by atoms with Crippen molar-refractivity contribution in [2.24, 2.45) is 0 Å². The monoisotopic (exact) mass is 98.0 g/mol. The quantitative estimate of drug-likeness (QED) is 0.328. The molecular weight excluding hydrogens is 95.1 g/mol. The molecule has 0 aromatic heterocycles. The van der Waals surface area contributed by atoms with Crippen LogP contribution in [0.2, 0.25) is 0 Å². The van der Waals surface area contributed by atoms with Gasteiger partial charge in [0.15, 0.2) is 0 Å². The molecule has 30 valence electrons. The summed E-state index contributed by atoms with van der Waals surface area (Å²) >= 11 is 0. The standard InChI is InChI=1S/CH3BO3.Mg/c1-5-2(3)4;/h1H3;/q-2;+2. The minimum absolute atomic E-state index is 0. The van der Waals surface area contributed by atoms with Crippen LogP contribution < -0.4 is 10.0 Å². The molecule has 5 heteroatoms. The van der Waals surface area contributed by atoms with E-state index in [0.29, 0.717) is 0 Å². The molecule has 0 spiro atoms. The number of hydrogen-bond acceptors (Lipinski definition) is 3. The largest absolute Gasteiger partial charge is 2.00 e. The van der Waals surface area contributed by atoms with Crippen LogP contribution in [0.1, 0.15) is 0 Å². The first-order valence-corrected chi connectivity index (χ1v) is 1.12. The zero-order chi connectivity index (χ0) is 4.28. The van der Waals surface area contributed by atoms with Gasteiger partial charge in [0.1, 0.15) is 0 Å². The van der Waals surface area contributed by atoms with E-state index in [2.05, 4.69) is 4.65 Å². The van der Waals surface area contributed by atoms with Crippen LogP contribution in [0.15, 0.2) is 0 Å². The predicted octanol–water partition coefficient (Wildman–Crippen LogP) is -3.04. The van der Waals surface area contributed by atoms with Crippen LogP contribution in [0.5, 0.6) is 0 Å². The molecule has 0 N–H and O–H groups in total. The van der Waals surface area contributed by atoms with E-state index >= 15 is 0 Å². The summed E-state index contributed by atoms with van der Waals surface area (Å²) in [6, 6.07) is 0. The van der Waals surface area contributed by atoms with Crippen LogP contribution >= 0.6 is 0 Å². The van der Waals surface area contributed by atoms with Gasteiger partial charge in [-0.25, -0.2) is 0 Å². The second-order valence-electron chi connectivity index (χ2n) is 0.524. The second kappa shape index (κ2) is 5.71. The van der Waals surface area contributed by atoms with Crippen molar-refractivity contribution in [2.75, 3.05) is 7.11 Å². The molecule has 3 nitrogen and oxygen atoms in total. The van der Waals surface area contributed by atoms with Crippen LogP contribution in [-0.2, 0) is 4.65 Å². The van der Waals surface area contributed by atoms with Gasteiger partial charge in [-0.05, 0) is 0 Å². The molecule has 0 amide bonds. The Morgan fingerprint density at radius 3 is 1.67 bits per heavy atom. The number of hydrogen-bond donors (Lipinski definition) is 0. The fraction of sp³-hybridized carbons (Fsp3) is 1.00. The van der Waals surface area contributed by atoms with Crippen molar-refractivity contribution in [3.8, 4) is 0 Å². The van der Waals surface area contributed by atoms with Crippen molar-refractivity contribution in [3.63, 3.8) is 0 Å². The first kappa shape index (κ1) is 9.86. The smallest absolute Gasteiger partial charge is 0.871 e. The third-order valence-corrected chi connectivity index (χ3v) is 0.192. The van der Waals surface area contributed by atoms with Crippen LogP contribution in [0.3, 0.4) is 0 Å². The molecule has 0 unspecified atom stereocenters. The molecule has 0 aromatic carbocycles. The Balaban J connectivity index is 0. The Bertz CT molecular complexity index is 24.8. The second-order valence-corrected chi connectivity index (χ2v) is 0.524. The predicted molar refractivity (Wildman–Crippen MR) is 18.5 cm³/mol. The summed E-state index contributed by atoms with van der Waals surface area (Å²) in [4.78, 5) is 0. The van der Waals surface area contributed by atoms with Gasteiger partial charge >= 0.3 is 23.1 Å². The molecule has 0 aliphatic carbocycles. The minimum atomic E-state index is -2.12. The molecule has 0 atom stereocenters. The summed E-state index contributed by atoms with van der Waals surface area (Å²) in [5.74, 6) is 0. The molecule has 0 saturated heterocycles. The average Bonchev–Trinajstić information content (AvgIpc) is 1.38. The molecule has 0 bridgehead atoms. The zero-order valence-corrected chi connectivity index (χ0v) is 4.92. The Labute approximate surface area is 52.6 Å². The van der Waals surface area contributed by atoms with Gasteiger partial charge < -0.3 is 14.7 Å². The van der Waals surface area contributed by atoms with E-state index < -0.39 is 7.32 Å². The summed E-state index contributed by atoms with van der Waals surface area (Å²) in [5.41, 5.74) is 0. The van der Waals surface area contributed by atoms with Gasteiger partial charge in [-0.2, -0.15) is 0 Å². The normalized spacial score (nSPS) is 6.50. The SMILES string of the molecule is COB([O-])[O-].[Mg+2]. The summed E-state index contributed by atoms with van der Waals surface area (Å²) in [6.45, 7) is 0. The van der Waals surface area contributed by atoms with E-state index in [1.54, 1.807) is 0 Å². The Morgan fingerprint density at radius 2 is 1.67 bits per heavy atom. The van der Waals surface area contributed by atoms with Crippen LogP contribution in [0.4, 0.5) is 0 Å². The Morgan fingerprint density at radius 1 is 1.50 bits per heavy atom. The molecule has 0 rings (SSSR count). The molecule has 0 heterocycles. The van der Waals surface area contributed by atoms with Gasteiger partial charge in [-0.3, -0.25) is 0 Å². The van der Waals surface area contributed by atoms with Crippen LogP contribution in [0, 0.1) is 0 Å². The maximum absolute atomic E-state index is 9.12. The van der Waals surface area contributed by atoms with Gasteiger partial charge in [0, 0.05) is 7.11 Å². The molecule has 0 aromatic rings. The van der Waals surface area contributed by atoms with E-state index in [0.717, 1.165) is 7.11 Å². The van der Waals surface area contributed by atoms with Crippen molar-refractivity contribution >= 4 is 30.4 Å². The summed E-state index contributed by atoms with van der Waals surface area (Å²) in [5, 5.41) is 18.2. The molecule has 0 aliphatic heterocycles. The van der Waals surface area contributed by atoms with Crippen molar-refractivity contribution in [2.45, 2.75) is 0 Å². The number of rotatable bonds is 1. The van der Waals surface area contributed by atoms with Crippen molar-refractivity contribution in [1.29, 1.82) is 0 Å². The summed E-state index contributed by atoms with van der Waals surface area (Å²) < 4.78 is 3.64. The van der Waals surface area contributed by atoms with Gasteiger partial charge in [-0.1, -0.05) is 0 Å². The Hall–Kier alpha value is 0.711. The first-order chi connectivity index (χ1) is 2.27. The molecule has 0 radical (unpaired) electrons. The van der Waals surface area contributed by atoms with Crippen molar-refractivity contribution < 1.29 is 14.7 Å². The fourth-order valence-electron chi connectivity index (χ4n) is 0. The minimum Gasteiger partial charge on any atom is -0.871 e. The summed E-state index contributed by atoms with van der Waals surface area (Å²) in [7, 11) is -1.04. The van der Waals surface area contributed by atoms with Crippen molar-refractivity contribution in [3.05, 3.63) is 0 Å². The van der Waals surface area contributed by atoms with Crippen LogP contribution in [0.25, 0.3) is 0 Å². The molecule has 0 fully saturated rings. The molecule has 0 saturated carbocycles. The third kappa shape index (κ3) is 8.83. The maximum atomic E-state index is 9.12. The average molecular weight is 98.1 g/mol. The molecule has 6 heavy (non-hydrogen) atoms. The Kier molecular flexibility index (Phi) is 9.39. The van der Waals surface area contributed by atoms with Crippen molar-refractivity contribution in [1.82, 2.24) is 0 Å². The molecular formula is CH3BMgO3. The van der Waals surface area contributed by atoms with Crippen LogP contribution in [-0.4, -0.2) is 37.5 Å². The summed E-state index contributed by atoms with van der Waals surface area (Å²) in [6.07, 6.45) is 0. The maximum Gasteiger partial charge on any atom is 2.00 e. The zero-order valence-electron chi connectivity index (χ0n) is 3.51. The fourth-order valence-corrected chi connectivity index (χ4v) is 0. The third-order valence-electron chi connectivity index (χ3n) is 0.192. The van der Waals surface area contributed by atoms with Gasteiger partial charge in [-0.15, -0.1) is 0 Å². The van der Waals surface area contributed by atoms with E-state index in [9.17, 15) is 0 Å². The van der Waals surface area contributed by atoms with Gasteiger partial charge in [0.2, 0.25) is 0 Å². The van der Waals surface area contributed by atoms with E-state index in [1.165, 1.54) is 0 Å². The van der Waals surface area contributed by atoms with E-state index in [-0.39, 0.29) is 23.1 Å². The van der Waals surface area contributed by atoms with E-state index in [1.807, 2.05) is 0 Å². The van der Waals surface area contributed by atoms with E-state index in [4.69, 9.17) is 10.0 Å². The molecule has 0 aliphatic rings. The van der Waals surface area contributed by atoms with Gasteiger partial charge in [0.25, 0.3) is 0 Å². The topological polar surface area (TPSA) is 55.3 Å².